The van der Waals surface area contributed by atoms with Crippen molar-refractivity contribution in [3.05, 3.63) is 58.0 Å². The van der Waals surface area contributed by atoms with E-state index in [-0.39, 0.29) is 36.4 Å². The van der Waals surface area contributed by atoms with E-state index in [0.717, 1.165) is 0 Å². The van der Waals surface area contributed by atoms with Crippen LogP contribution < -0.4 is 0 Å². The lowest BCUT2D eigenvalue weighted by molar-refractivity contribution is -0.133. The van der Waals surface area contributed by atoms with Crippen LogP contribution in [0.4, 0.5) is 0 Å². The molecule has 0 saturated carbocycles. The summed E-state index contributed by atoms with van der Waals surface area (Å²) in [7, 11) is -3.11. The number of carbonyl (C=O) groups excluding carboxylic acids is 1. The predicted octanol–water partition coefficient (Wildman–Crippen LogP) is 3.34. The Bertz CT molecular complexity index is 865. The Morgan fingerprint density at radius 1 is 1.28 bits per heavy atom. The van der Waals surface area contributed by atoms with E-state index in [1.165, 1.54) is 6.26 Å². The Balaban J connectivity index is 1.81. The first-order chi connectivity index (χ1) is 11.8. The molecule has 0 spiro atoms. The Labute approximate surface area is 156 Å². The maximum Gasteiger partial charge on any atom is 0.227 e. The van der Waals surface area contributed by atoms with E-state index in [0.29, 0.717) is 27.8 Å². The molecule has 0 radical (unpaired) electrons. The zero-order valence-electron chi connectivity index (χ0n) is 13.3. The van der Waals surface area contributed by atoms with E-state index >= 15 is 0 Å². The number of amides is 1. The van der Waals surface area contributed by atoms with Gasteiger partial charge in [0.05, 0.1) is 30.7 Å². The van der Waals surface area contributed by atoms with Crippen molar-refractivity contribution in [1.82, 2.24) is 4.90 Å². The van der Waals surface area contributed by atoms with Crippen molar-refractivity contribution in [2.45, 2.75) is 25.4 Å². The molecule has 134 valence electrons. The SMILES string of the molecule is O=C(Cc1ccc(Cl)cc1Cl)N(Cc1ccco1)[C@H]1CCS(=O)(=O)C1. The quantitative estimate of drug-likeness (QED) is 0.770. The highest BCUT2D eigenvalue weighted by Gasteiger charge is 2.35. The second-order valence-electron chi connectivity index (χ2n) is 6.07. The van der Waals surface area contributed by atoms with Crippen LogP contribution in [-0.4, -0.2) is 36.8 Å². The highest BCUT2D eigenvalue weighted by atomic mass is 35.5. The number of halogens is 2. The van der Waals surface area contributed by atoms with Gasteiger partial charge in [-0.3, -0.25) is 4.79 Å². The normalized spacial score (nSPS) is 19.0. The maximum atomic E-state index is 12.9. The van der Waals surface area contributed by atoms with Crippen LogP contribution in [0.25, 0.3) is 0 Å². The zero-order valence-corrected chi connectivity index (χ0v) is 15.6. The summed E-state index contributed by atoms with van der Waals surface area (Å²) in [6, 6.07) is 8.11. The van der Waals surface area contributed by atoms with Crippen LogP contribution in [0.5, 0.6) is 0 Å². The molecule has 1 aromatic carbocycles. The molecule has 1 aliphatic rings. The van der Waals surface area contributed by atoms with E-state index < -0.39 is 9.84 Å². The Kier molecular flexibility index (Phi) is 5.41. The van der Waals surface area contributed by atoms with Gasteiger partial charge in [0.1, 0.15) is 5.76 Å². The molecule has 0 unspecified atom stereocenters. The summed E-state index contributed by atoms with van der Waals surface area (Å²) in [6.45, 7) is 0.233. The third-order valence-electron chi connectivity index (χ3n) is 4.23. The second-order valence-corrected chi connectivity index (χ2v) is 9.14. The highest BCUT2D eigenvalue weighted by Crippen LogP contribution is 2.25. The third-order valence-corrected chi connectivity index (χ3v) is 6.57. The monoisotopic (exact) mass is 401 g/mol. The molecule has 25 heavy (non-hydrogen) atoms. The zero-order chi connectivity index (χ0) is 18.0. The molecular formula is C17H17Cl2NO4S. The molecule has 5 nitrogen and oxygen atoms in total. The van der Waals surface area contributed by atoms with Crippen LogP contribution in [-0.2, 0) is 27.6 Å². The lowest BCUT2D eigenvalue weighted by Crippen LogP contribution is -2.41. The summed E-state index contributed by atoms with van der Waals surface area (Å²) in [6.07, 6.45) is 2.04. The average molecular weight is 402 g/mol. The summed E-state index contributed by atoms with van der Waals surface area (Å²) in [5.41, 5.74) is 0.654. The number of nitrogens with zero attached hydrogens (tertiary/aromatic N) is 1. The fourth-order valence-electron chi connectivity index (χ4n) is 2.94. The molecule has 2 heterocycles. The highest BCUT2D eigenvalue weighted by molar-refractivity contribution is 7.91. The fraction of sp³-hybridized carbons (Fsp3) is 0.353. The lowest BCUT2D eigenvalue weighted by Gasteiger charge is -2.27. The number of carbonyl (C=O) groups is 1. The molecule has 0 bridgehead atoms. The largest absolute Gasteiger partial charge is 0.467 e. The van der Waals surface area contributed by atoms with Gasteiger partial charge in [-0.05, 0) is 36.2 Å². The van der Waals surface area contributed by atoms with E-state index in [2.05, 4.69) is 0 Å². The molecule has 1 aromatic heterocycles. The first kappa shape index (κ1) is 18.3. The summed E-state index contributed by atoms with van der Waals surface area (Å²) < 4.78 is 29.0. The van der Waals surface area contributed by atoms with Gasteiger partial charge >= 0.3 is 0 Å². The number of sulfone groups is 1. The first-order valence-electron chi connectivity index (χ1n) is 7.80. The average Bonchev–Trinajstić information content (AvgIpc) is 3.16. The van der Waals surface area contributed by atoms with Crippen molar-refractivity contribution < 1.29 is 17.6 Å². The van der Waals surface area contributed by atoms with Gasteiger partial charge in [0.15, 0.2) is 9.84 Å². The minimum absolute atomic E-state index is 0.0200. The second kappa shape index (κ2) is 7.40. The van der Waals surface area contributed by atoms with E-state index in [9.17, 15) is 13.2 Å². The molecular weight excluding hydrogens is 385 g/mol. The molecule has 0 N–H and O–H groups in total. The fourth-order valence-corrected chi connectivity index (χ4v) is 5.15. The molecule has 2 aromatic rings. The van der Waals surface area contributed by atoms with Crippen molar-refractivity contribution in [2.75, 3.05) is 11.5 Å². The van der Waals surface area contributed by atoms with Crippen molar-refractivity contribution in [3.8, 4) is 0 Å². The van der Waals surface area contributed by atoms with E-state index in [1.54, 1.807) is 35.2 Å². The van der Waals surface area contributed by atoms with Gasteiger partial charge in [-0.15, -0.1) is 0 Å². The molecule has 1 atom stereocenters. The topological polar surface area (TPSA) is 67.6 Å². The smallest absolute Gasteiger partial charge is 0.227 e. The number of furan rings is 1. The maximum absolute atomic E-state index is 12.9. The van der Waals surface area contributed by atoms with Crippen molar-refractivity contribution >= 4 is 38.9 Å². The lowest BCUT2D eigenvalue weighted by atomic mass is 10.1. The molecule has 1 saturated heterocycles. The standard InChI is InChI=1S/C17H17Cl2NO4S/c18-13-4-3-12(16(19)9-13)8-17(21)20(10-15-2-1-6-24-15)14-5-7-25(22,23)11-14/h1-4,6,9,14H,5,7-8,10-11H2/t14-/m0/s1. The summed E-state index contributed by atoms with van der Waals surface area (Å²) >= 11 is 12.0. The van der Waals surface area contributed by atoms with Gasteiger partial charge in [0.25, 0.3) is 0 Å². The minimum Gasteiger partial charge on any atom is -0.467 e. The van der Waals surface area contributed by atoms with Crippen LogP contribution in [0.1, 0.15) is 17.7 Å². The molecule has 3 rings (SSSR count). The number of hydrogen-bond donors (Lipinski definition) is 0. The van der Waals surface area contributed by atoms with Gasteiger partial charge in [-0.1, -0.05) is 29.3 Å². The van der Waals surface area contributed by atoms with E-state index in [1.807, 2.05) is 0 Å². The number of hydrogen-bond acceptors (Lipinski definition) is 4. The van der Waals surface area contributed by atoms with Gasteiger partial charge in [-0.2, -0.15) is 0 Å². The molecule has 1 fully saturated rings. The third kappa shape index (κ3) is 4.57. The number of benzene rings is 1. The molecule has 1 aliphatic heterocycles. The Morgan fingerprint density at radius 2 is 2.08 bits per heavy atom. The van der Waals surface area contributed by atoms with E-state index in [4.69, 9.17) is 27.6 Å². The summed E-state index contributed by atoms with van der Waals surface area (Å²) in [4.78, 5) is 14.4. The van der Waals surface area contributed by atoms with Crippen LogP contribution >= 0.6 is 23.2 Å². The van der Waals surface area contributed by atoms with Crippen molar-refractivity contribution in [2.24, 2.45) is 0 Å². The Morgan fingerprint density at radius 3 is 2.68 bits per heavy atom. The van der Waals surface area contributed by atoms with Gasteiger partial charge in [0, 0.05) is 16.1 Å². The summed E-state index contributed by atoms with van der Waals surface area (Å²) in [5.74, 6) is 0.498. The van der Waals surface area contributed by atoms with Gasteiger partial charge in [0.2, 0.25) is 5.91 Å². The minimum atomic E-state index is -3.11. The van der Waals surface area contributed by atoms with Gasteiger partial charge < -0.3 is 9.32 Å². The van der Waals surface area contributed by atoms with Crippen molar-refractivity contribution in [3.63, 3.8) is 0 Å². The van der Waals surface area contributed by atoms with Crippen molar-refractivity contribution in [1.29, 1.82) is 0 Å². The van der Waals surface area contributed by atoms with Crippen LogP contribution in [0.3, 0.4) is 0 Å². The first-order valence-corrected chi connectivity index (χ1v) is 10.4. The molecule has 8 heteroatoms. The van der Waals surface area contributed by atoms with Crippen LogP contribution in [0.2, 0.25) is 10.0 Å². The molecule has 0 aliphatic carbocycles. The van der Waals surface area contributed by atoms with Crippen LogP contribution in [0.15, 0.2) is 41.0 Å². The summed E-state index contributed by atoms with van der Waals surface area (Å²) in [5, 5.41) is 0.911. The predicted molar refractivity (Wildman–Crippen MR) is 96.5 cm³/mol. The Hall–Kier alpha value is -1.50. The number of rotatable bonds is 5. The van der Waals surface area contributed by atoms with Crippen LogP contribution in [0, 0.1) is 0 Å². The molecule has 1 amide bonds. The van der Waals surface area contributed by atoms with Gasteiger partial charge in [-0.25, -0.2) is 8.42 Å².